The highest BCUT2D eigenvalue weighted by atomic mass is 16.6. The largest absolute Gasteiger partial charge is 0.461 e. The molecule has 1 atom stereocenters. The maximum absolute atomic E-state index is 11.1. The first kappa shape index (κ1) is 13.9. The van der Waals surface area contributed by atoms with E-state index in [1.165, 1.54) is 14.0 Å². The average molecular weight is 220 g/mol. The minimum atomic E-state index is -0.957. The molecule has 0 aliphatic rings. The Morgan fingerprint density at radius 1 is 1.33 bits per heavy atom. The van der Waals surface area contributed by atoms with E-state index in [4.69, 9.17) is 9.84 Å². The Morgan fingerprint density at radius 3 is 2.53 bits per heavy atom. The highest BCUT2D eigenvalue weighted by Crippen LogP contribution is 1.97. The lowest BCUT2D eigenvalue weighted by molar-refractivity contribution is -0.167. The van der Waals surface area contributed by atoms with Crippen molar-refractivity contribution in [3.05, 3.63) is 0 Å². The molecule has 6 heteroatoms. The molecule has 0 aromatic rings. The predicted molar refractivity (Wildman–Crippen MR) is 50.1 cm³/mol. The number of methoxy groups -OCH3 is 1. The molecule has 15 heavy (non-hydrogen) atoms. The monoisotopic (exact) mass is 220 g/mol. The Kier molecular flexibility index (Phi) is 7.57. The van der Waals surface area contributed by atoms with Gasteiger partial charge in [-0.25, -0.2) is 4.79 Å². The van der Waals surface area contributed by atoms with Gasteiger partial charge < -0.3 is 19.3 Å². The van der Waals surface area contributed by atoms with Crippen LogP contribution in [0, 0.1) is 0 Å². The van der Waals surface area contributed by atoms with Crippen molar-refractivity contribution in [3.8, 4) is 0 Å². The SMILES string of the molecule is COCCOC(=O)C(C)OC(=O)CCO. The van der Waals surface area contributed by atoms with E-state index in [0.717, 1.165) is 0 Å². The van der Waals surface area contributed by atoms with E-state index < -0.39 is 18.0 Å². The molecule has 0 heterocycles. The van der Waals surface area contributed by atoms with Crippen LogP contribution >= 0.6 is 0 Å². The van der Waals surface area contributed by atoms with E-state index in [0.29, 0.717) is 6.61 Å². The maximum atomic E-state index is 11.1. The normalized spacial score (nSPS) is 11.9. The third-order valence-electron chi connectivity index (χ3n) is 1.49. The molecule has 0 aliphatic carbocycles. The van der Waals surface area contributed by atoms with Crippen LogP contribution in [0.3, 0.4) is 0 Å². The summed E-state index contributed by atoms with van der Waals surface area (Å²) in [4.78, 5) is 22.0. The molecular weight excluding hydrogens is 204 g/mol. The number of aliphatic hydroxyl groups excluding tert-OH is 1. The van der Waals surface area contributed by atoms with Crippen LogP contribution in [0.15, 0.2) is 0 Å². The van der Waals surface area contributed by atoms with E-state index in [9.17, 15) is 9.59 Å². The number of hydrogen-bond acceptors (Lipinski definition) is 6. The van der Waals surface area contributed by atoms with E-state index in [1.54, 1.807) is 0 Å². The summed E-state index contributed by atoms with van der Waals surface area (Å²) in [6, 6.07) is 0. The summed E-state index contributed by atoms with van der Waals surface area (Å²) < 4.78 is 14.1. The van der Waals surface area contributed by atoms with Crippen molar-refractivity contribution in [2.45, 2.75) is 19.4 Å². The van der Waals surface area contributed by atoms with Crippen LogP contribution in [0.25, 0.3) is 0 Å². The molecule has 0 amide bonds. The Morgan fingerprint density at radius 2 is 2.00 bits per heavy atom. The molecule has 0 fully saturated rings. The molecule has 0 aromatic heterocycles. The van der Waals surface area contributed by atoms with Gasteiger partial charge in [-0.15, -0.1) is 0 Å². The third kappa shape index (κ3) is 6.87. The molecule has 0 aliphatic heterocycles. The van der Waals surface area contributed by atoms with Crippen LogP contribution in [0.1, 0.15) is 13.3 Å². The van der Waals surface area contributed by atoms with Gasteiger partial charge >= 0.3 is 11.9 Å². The second kappa shape index (κ2) is 8.19. The Hall–Kier alpha value is -1.14. The van der Waals surface area contributed by atoms with Crippen LogP contribution in [0.2, 0.25) is 0 Å². The van der Waals surface area contributed by atoms with Gasteiger partial charge in [0, 0.05) is 7.11 Å². The standard InChI is InChI=1S/C9H16O6/c1-7(15-8(11)3-4-10)9(12)14-6-5-13-2/h7,10H,3-6H2,1-2H3. The van der Waals surface area contributed by atoms with Gasteiger partial charge in [-0.3, -0.25) is 4.79 Å². The Balaban J connectivity index is 3.73. The fourth-order valence-electron chi connectivity index (χ4n) is 0.738. The summed E-state index contributed by atoms with van der Waals surface area (Å²) in [5.74, 6) is -1.26. The second-order valence-electron chi connectivity index (χ2n) is 2.77. The van der Waals surface area contributed by atoms with E-state index in [1.807, 2.05) is 0 Å². The van der Waals surface area contributed by atoms with Crippen LogP contribution in [-0.2, 0) is 23.8 Å². The molecule has 88 valence electrons. The quantitative estimate of drug-likeness (QED) is 0.459. The lowest BCUT2D eigenvalue weighted by Crippen LogP contribution is -2.27. The van der Waals surface area contributed by atoms with Gasteiger partial charge in [0.05, 0.1) is 19.6 Å². The summed E-state index contributed by atoms with van der Waals surface area (Å²) in [5.41, 5.74) is 0. The molecule has 1 N–H and O–H groups in total. The topological polar surface area (TPSA) is 82.1 Å². The van der Waals surface area contributed by atoms with Gasteiger partial charge in [0.1, 0.15) is 6.61 Å². The Bertz CT molecular complexity index is 203. The van der Waals surface area contributed by atoms with Crippen molar-refractivity contribution in [2.75, 3.05) is 26.9 Å². The van der Waals surface area contributed by atoms with Gasteiger partial charge in [0.15, 0.2) is 6.10 Å². The first-order chi connectivity index (χ1) is 7.11. The zero-order valence-corrected chi connectivity index (χ0v) is 8.89. The summed E-state index contributed by atoms with van der Waals surface area (Å²) in [6.07, 6.45) is -1.09. The van der Waals surface area contributed by atoms with Gasteiger partial charge in [-0.2, -0.15) is 0 Å². The smallest absolute Gasteiger partial charge is 0.347 e. The highest BCUT2D eigenvalue weighted by Gasteiger charge is 2.18. The first-order valence-corrected chi connectivity index (χ1v) is 4.57. The zero-order chi connectivity index (χ0) is 11.7. The summed E-state index contributed by atoms with van der Waals surface area (Å²) >= 11 is 0. The van der Waals surface area contributed by atoms with Crippen LogP contribution in [-0.4, -0.2) is 50.1 Å². The highest BCUT2D eigenvalue weighted by molar-refractivity contribution is 5.79. The zero-order valence-electron chi connectivity index (χ0n) is 8.89. The van der Waals surface area contributed by atoms with Gasteiger partial charge in [-0.1, -0.05) is 0 Å². The molecule has 6 nitrogen and oxygen atoms in total. The predicted octanol–water partition coefficient (Wildman–Crippen LogP) is -0.510. The molecule has 0 radical (unpaired) electrons. The van der Waals surface area contributed by atoms with E-state index in [-0.39, 0.29) is 19.6 Å². The van der Waals surface area contributed by atoms with Gasteiger partial charge in [0.2, 0.25) is 0 Å². The number of hydrogen-bond donors (Lipinski definition) is 1. The van der Waals surface area contributed by atoms with Crippen LogP contribution in [0.5, 0.6) is 0 Å². The number of aliphatic hydroxyl groups is 1. The number of carbonyl (C=O) groups is 2. The van der Waals surface area contributed by atoms with Crippen molar-refractivity contribution in [2.24, 2.45) is 0 Å². The average Bonchev–Trinajstić information content (AvgIpc) is 2.18. The summed E-state index contributed by atoms with van der Waals surface area (Å²) in [6.45, 7) is 1.52. The number of carbonyl (C=O) groups excluding carboxylic acids is 2. The molecular formula is C9H16O6. The first-order valence-electron chi connectivity index (χ1n) is 4.57. The Labute approximate surface area is 88.1 Å². The molecule has 1 unspecified atom stereocenters. The number of rotatable bonds is 7. The number of ether oxygens (including phenoxy) is 3. The number of esters is 2. The van der Waals surface area contributed by atoms with E-state index >= 15 is 0 Å². The van der Waals surface area contributed by atoms with E-state index in [2.05, 4.69) is 9.47 Å². The van der Waals surface area contributed by atoms with Crippen LogP contribution in [0.4, 0.5) is 0 Å². The second-order valence-corrected chi connectivity index (χ2v) is 2.77. The molecule has 0 rings (SSSR count). The van der Waals surface area contributed by atoms with Crippen molar-refractivity contribution in [3.63, 3.8) is 0 Å². The van der Waals surface area contributed by atoms with Crippen LogP contribution < -0.4 is 0 Å². The maximum Gasteiger partial charge on any atom is 0.347 e. The lowest BCUT2D eigenvalue weighted by atomic mass is 10.4. The third-order valence-corrected chi connectivity index (χ3v) is 1.49. The molecule has 0 bridgehead atoms. The van der Waals surface area contributed by atoms with Gasteiger partial charge in [0.25, 0.3) is 0 Å². The molecule has 0 saturated carbocycles. The molecule has 0 aromatic carbocycles. The summed E-state index contributed by atoms with van der Waals surface area (Å²) in [5, 5.41) is 8.43. The summed E-state index contributed by atoms with van der Waals surface area (Å²) in [7, 11) is 1.48. The molecule has 0 saturated heterocycles. The fraction of sp³-hybridized carbons (Fsp3) is 0.778. The fourth-order valence-corrected chi connectivity index (χ4v) is 0.738. The molecule has 0 spiro atoms. The minimum absolute atomic E-state index is 0.122. The van der Waals surface area contributed by atoms with Crippen molar-refractivity contribution in [1.29, 1.82) is 0 Å². The minimum Gasteiger partial charge on any atom is -0.461 e. The van der Waals surface area contributed by atoms with Crippen molar-refractivity contribution >= 4 is 11.9 Å². The lowest BCUT2D eigenvalue weighted by Gasteiger charge is -2.11. The van der Waals surface area contributed by atoms with Crippen molar-refractivity contribution < 1.29 is 28.9 Å². The van der Waals surface area contributed by atoms with Gasteiger partial charge in [-0.05, 0) is 6.92 Å². The van der Waals surface area contributed by atoms with Crippen molar-refractivity contribution in [1.82, 2.24) is 0 Å².